The van der Waals surface area contributed by atoms with E-state index in [4.69, 9.17) is 5.73 Å². The molecular weight excluding hydrogens is 216 g/mol. The molecule has 5 nitrogen and oxygen atoms in total. The van der Waals surface area contributed by atoms with E-state index in [9.17, 15) is 4.79 Å². The number of hydrogen-bond acceptors (Lipinski definition) is 3. The largest absolute Gasteiger partial charge is 0.382 e. The molecule has 0 radical (unpaired) electrons. The third-order valence-corrected chi connectivity index (χ3v) is 2.73. The summed E-state index contributed by atoms with van der Waals surface area (Å²) in [5.74, 6) is 0.256. The Balaban J connectivity index is 2.28. The van der Waals surface area contributed by atoms with E-state index in [1.807, 2.05) is 36.8 Å². The van der Waals surface area contributed by atoms with E-state index in [-0.39, 0.29) is 5.82 Å². The molecule has 3 rings (SSSR count). The fourth-order valence-electron chi connectivity index (χ4n) is 1.87. The van der Waals surface area contributed by atoms with Crippen LogP contribution < -0.4 is 5.73 Å². The van der Waals surface area contributed by atoms with Gasteiger partial charge in [0.25, 0.3) is 0 Å². The van der Waals surface area contributed by atoms with Gasteiger partial charge >= 0.3 is 0 Å². The maximum Gasteiger partial charge on any atom is 0.170 e. The number of nitrogens with one attached hydrogen (secondary N) is 1. The zero-order valence-electron chi connectivity index (χ0n) is 8.92. The highest BCUT2D eigenvalue weighted by Gasteiger charge is 2.09. The summed E-state index contributed by atoms with van der Waals surface area (Å²) in [5, 5.41) is 0. The minimum atomic E-state index is 0.256. The van der Waals surface area contributed by atoms with Crippen molar-refractivity contribution in [1.29, 1.82) is 0 Å². The van der Waals surface area contributed by atoms with E-state index < -0.39 is 0 Å². The number of nitrogen functional groups attached to an aromatic ring is 1. The summed E-state index contributed by atoms with van der Waals surface area (Å²) >= 11 is 0. The fourth-order valence-corrected chi connectivity index (χ4v) is 1.87. The van der Waals surface area contributed by atoms with Crippen molar-refractivity contribution in [3.8, 4) is 11.1 Å². The van der Waals surface area contributed by atoms with E-state index in [2.05, 4.69) is 9.97 Å². The normalized spacial score (nSPS) is 10.8. The summed E-state index contributed by atoms with van der Waals surface area (Å²) in [5.41, 5.74) is 8.77. The van der Waals surface area contributed by atoms with Crippen LogP contribution in [0.15, 0.2) is 36.8 Å². The molecule has 0 saturated heterocycles. The lowest BCUT2D eigenvalue weighted by atomic mass is 10.1. The first kappa shape index (κ1) is 9.65. The fraction of sp³-hybridized carbons (Fsp3) is 0. The molecule has 3 aromatic rings. The summed E-state index contributed by atoms with van der Waals surface area (Å²) in [4.78, 5) is 18.1. The quantitative estimate of drug-likeness (QED) is 0.653. The summed E-state index contributed by atoms with van der Waals surface area (Å²) in [6, 6.07) is 5.74. The molecule has 0 aromatic carbocycles. The number of fused-ring (bicyclic) bond motifs is 1. The molecule has 5 heteroatoms. The van der Waals surface area contributed by atoms with Crippen molar-refractivity contribution in [2.75, 3.05) is 5.73 Å². The van der Waals surface area contributed by atoms with Gasteiger partial charge in [-0.15, -0.1) is 0 Å². The number of carbonyl (C=O) groups is 1. The molecule has 3 aromatic heterocycles. The second kappa shape index (κ2) is 3.48. The number of nitrogens with zero attached hydrogens (tertiary/aromatic N) is 2. The molecule has 0 aliphatic carbocycles. The molecule has 3 N–H and O–H groups in total. The Labute approximate surface area is 96.9 Å². The van der Waals surface area contributed by atoms with E-state index in [0.29, 0.717) is 11.3 Å². The highest BCUT2D eigenvalue weighted by molar-refractivity contribution is 5.82. The third-order valence-electron chi connectivity index (χ3n) is 2.73. The van der Waals surface area contributed by atoms with Crippen LogP contribution in [0.25, 0.3) is 16.8 Å². The Kier molecular flexibility index (Phi) is 1.98. The SMILES string of the molecule is Nc1nc2ccc(-c3cc[nH]c3)cn2c1C=O. The first-order chi connectivity index (χ1) is 8.29. The third kappa shape index (κ3) is 1.40. The van der Waals surface area contributed by atoms with Gasteiger partial charge in [0.2, 0.25) is 0 Å². The van der Waals surface area contributed by atoms with Crippen LogP contribution in [-0.4, -0.2) is 20.7 Å². The monoisotopic (exact) mass is 226 g/mol. The predicted octanol–water partition coefficient (Wildman–Crippen LogP) is 1.72. The molecule has 0 bridgehead atoms. The molecule has 17 heavy (non-hydrogen) atoms. The average Bonchev–Trinajstić information content (AvgIpc) is 2.93. The van der Waals surface area contributed by atoms with Crippen molar-refractivity contribution < 1.29 is 4.79 Å². The number of aromatic amines is 1. The van der Waals surface area contributed by atoms with Crippen molar-refractivity contribution in [3.05, 3.63) is 42.5 Å². The van der Waals surface area contributed by atoms with Gasteiger partial charge in [-0.25, -0.2) is 4.98 Å². The number of aromatic nitrogens is 3. The van der Waals surface area contributed by atoms with E-state index >= 15 is 0 Å². The summed E-state index contributed by atoms with van der Waals surface area (Å²) in [7, 11) is 0. The van der Waals surface area contributed by atoms with Crippen LogP contribution in [0.4, 0.5) is 5.82 Å². The van der Waals surface area contributed by atoms with Crippen LogP contribution >= 0.6 is 0 Å². The Bertz CT molecular complexity index is 682. The number of rotatable bonds is 2. The first-order valence-electron chi connectivity index (χ1n) is 5.15. The van der Waals surface area contributed by atoms with E-state index in [1.54, 1.807) is 4.40 Å². The number of carbonyl (C=O) groups excluding carboxylic acids is 1. The maximum atomic E-state index is 11.0. The van der Waals surface area contributed by atoms with Crippen LogP contribution in [0.1, 0.15) is 10.5 Å². The van der Waals surface area contributed by atoms with Gasteiger partial charge in [-0.2, -0.15) is 0 Å². The number of anilines is 1. The predicted molar refractivity (Wildman–Crippen MR) is 64.8 cm³/mol. The molecule has 0 aliphatic heterocycles. The van der Waals surface area contributed by atoms with E-state index in [1.165, 1.54) is 0 Å². The van der Waals surface area contributed by atoms with Crippen molar-refractivity contribution in [1.82, 2.24) is 14.4 Å². The molecular formula is C12H10N4O. The zero-order valence-corrected chi connectivity index (χ0v) is 8.92. The van der Waals surface area contributed by atoms with Crippen molar-refractivity contribution in [2.24, 2.45) is 0 Å². The number of hydrogen-bond donors (Lipinski definition) is 2. The molecule has 0 saturated carbocycles. The van der Waals surface area contributed by atoms with Gasteiger partial charge in [0, 0.05) is 24.2 Å². The number of pyridine rings is 1. The van der Waals surface area contributed by atoms with Crippen molar-refractivity contribution >= 4 is 17.8 Å². The minimum absolute atomic E-state index is 0.256. The molecule has 0 unspecified atom stereocenters. The number of H-pyrrole nitrogens is 1. The van der Waals surface area contributed by atoms with Crippen molar-refractivity contribution in [3.63, 3.8) is 0 Å². The topological polar surface area (TPSA) is 76.2 Å². The van der Waals surface area contributed by atoms with Gasteiger partial charge in [0.05, 0.1) is 0 Å². The van der Waals surface area contributed by atoms with Crippen LogP contribution in [0.5, 0.6) is 0 Å². The summed E-state index contributed by atoms with van der Waals surface area (Å²) in [6.07, 6.45) is 6.31. The molecule has 0 aliphatic rings. The minimum Gasteiger partial charge on any atom is -0.382 e. The second-order valence-electron chi connectivity index (χ2n) is 3.75. The smallest absolute Gasteiger partial charge is 0.170 e. The van der Waals surface area contributed by atoms with Gasteiger partial charge in [-0.1, -0.05) is 0 Å². The Morgan fingerprint density at radius 3 is 2.88 bits per heavy atom. The first-order valence-corrected chi connectivity index (χ1v) is 5.15. The standard InChI is InChI=1S/C12H10N4O/c13-12-10(7-17)16-6-9(1-2-11(16)15-12)8-3-4-14-5-8/h1-7,14H,13H2. The lowest BCUT2D eigenvalue weighted by molar-refractivity contribution is 0.111. The Morgan fingerprint density at radius 1 is 1.29 bits per heavy atom. The van der Waals surface area contributed by atoms with Gasteiger partial charge in [-0.05, 0) is 23.8 Å². The second-order valence-corrected chi connectivity index (χ2v) is 3.75. The number of nitrogens with two attached hydrogens (primary N) is 1. The molecule has 0 fully saturated rings. The molecule has 3 heterocycles. The van der Waals surface area contributed by atoms with Crippen LogP contribution in [0.2, 0.25) is 0 Å². The molecule has 0 atom stereocenters. The van der Waals surface area contributed by atoms with Gasteiger partial charge < -0.3 is 10.7 Å². The molecule has 84 valence electrons. The van der Waals surface area contributed by atoms with E-state index in [0.717, 1.165) is 17.4 Å². The number of aldehydes is 1. The maximum absolute atomic E-state index is 11.0. The van der Waals surface area contributed by atoms with Crippen LogP contribution in [0.3, 0.4) is 0 Å². The summed E-state index contributed by atoms with van der Waals surface area (Å²) in [6.45, 7) is 0. The number of imidazole rings is 1. The molecule has 0 amide bonds. The van der Waals surface area contributed by atoms with Crippen LogP contribution in [-0.2, 0) is 0 Å². The average molecular weight is 226 g/mol. The highest BCUT2D eigenvalue weighted by Crippen LogP contribution is 2.21. The highest BCUT2D eigenvalue weighted by atomic mass is 16.1. The molecule has 0 spiro atoms. The lowest BCUT2D eigenvalue weighted by Crippen LogP contribution is -1.94. The Hall–Kier alpha value is -2.56. The lowest BCUT2D eigenvalue weighted by Gasteiger charge is -2.00. The van der Waals surface area contributed by atoms with Gasteiger partial charge in [0.15, 0.2) is 12.1 Å². The van der Waals surface area contributed by atoms with Gasteiger partial charge in [0.1, 0.15) is 11.3 Å². The van der Waals surface area contributed by atoms with Crippen molar-refractivity contribution in [2.45, 2.75) is 0 Å². The zero-order chi connectivity index (χ0) is 11.8. The van der Waals surface area contributed by atoms with Crippen LogP contribution in [0, 0.1) is 0 Å². The van der Waals surface area contributed by atoms with Gasteiger partial charge in [-0.3, -0.25) is 9.20 Å². The summed E-state index contributed by atoms with van der Waals surface area (Å²) < 4.78 is 1.70. The Morgan fingerprint density at radius 2 is 2.18 bits per heavy atom.